The number of nitrogens with zero attached hydrogens (tertiary/aromatic N) is 4. The number of carbonyl (C=O) groups excluding carboxylic acids is 1. The molecule has 3 aromatic rings. The van der Waals surface area contributed by atoms with Crippen molar-refractivity contribution in [3.8, 4) is 0 Å². The summed E-state index contributed by atoms with van der Waals surface area (Å²) in [5, 5.41) is 7.24. The van der Waals surface area contributed by atoms with Crippen LogP contribution < -0.4 is 5.32 Å². The van der Waals surface area contributed by atoms with E-state index in [0.717, 1.165) is 17.7 Å². The van der Waals surface area contributed by atoms with Gasteiger partial charge in [0.1, 0.15) is 17.5 Å². The molecular weight excluding hydrogens is 323 g/mol. The van der Waals surface area contributed by atoms with E-state index in [1.807, 2.05) is 13.8 Å². The fourth-order valence-electron chi connectivity index (χ4n) is 2.88. The number of aromatic amines is 1. The van der Waals surface area contributed by atoms with Crippen LogP contribution in [0.2, 0.25) is 0 Å². The van der Waals surface area contributed by atoms with Crippen LogP contribution in [0, 0.1) is 12.7 Å². The highest BCUT2D eigenvalue weighted by molar-refractivity contribution is 5.89. The smallest absolute Gasteiger partial charge is 0.323 e. The maximum atomic E-state index is 13.3. The quantitative estimate of drug-likeness (QED) is 0.764. The maximum Gasteiger partial charge on any atom is 0.323 e. The molecular formula is C17H21FN6O. The fraction of sp³-hybridized carbons (Fsp3) is 0.353. The number of amides is 2. The Bertz CT molecular complexity index is 929. The minimum Gasteiger partial charge on any atom is -0.340 e. The van der Waals surface area contributed by atoms with Crippen molar-refractivity contribution in [2.24, 2.45) is 7.05 Å². The molecule has 0 bridgehead atoms. The molecule has 8 heteroatoms. The van der Waals surface area contributed by atoms with E-state index < -0.39 is 0 Å². The number of urea groups is 1. The van der Waals surface area contributed by atoms with Gasteiger partial charge in [-0.25, -0.2) is 14.2 Å². The van der Waals surface area contributed by atoms with Crippen molar-refractivity contribution in [1.82, 2.24) is 24.6 Å². The van der Waals surface area contributed by atoms with Crippen LogP contribution in [0.3, 0.4) is 0 Å². The molecule has 2 aromatic heterocycles. The van der Waals surface area contributed by atoms with Gasteiger partial charge in [0.15, 0.2) is 0 Å². The number of benzene rings is 1. The first-order valence-corrected chi connectivity index (χ1v) is 8.07. The van der Waals surface area contributed by atoms with E-state index in [9.17, 15) is 9.18 Å². The molecule has 2 heterocycles. The summed E-state index contributed by atoms with van der Waals surface area (Å²) >= 11 is 0. The summed E-state index contributed by atoms with van der Waals surface area (Å²) in [6, 6.07) is 4.10. The molecule has 25 heavy (non-hydrogen) atoms. The predicted molar refractivity (Wildman–Crippen MR) is 93.9 cm³/mol. The van der Waals surface area contributed by atoms with Gasteiger partial charge < -0.3 is 9.88 Å². The first kappa shape index (κ1) is 16.9. The Morgan fingerprint density at radius 2 is 2.20 bits per heavy atom. The van der Waals surface area contributed by atoms with Crippen molar-refractivity contribution >= 4 is 22.9 Å². The van der Waals surface area contributed by atoms with E-state index in [2.05, 4.69) is 20.4 Å². The zero-order valence-corrected chi connectivity index (χ0v) is 14.7. The summed E-state index contributed by atoms with van der Waals surface area (Å²) in [4.78, 5) is 21.4. The van der Waals surface area contributed by atoms with Crippen LogP contribution in [-0.2, 0) is 20.0 Å². The molecule has 1 aromatic carbocycles. The van der Waals surface area contributed by atoms with Gasteiger partial charge in [-0.15, -0.1) is 0 Å². The van der Waals surface area contributed by atoms with Gasteiger partial charge in [-0.1, -0.05) is 6.92 Å². The van der Waals surface area contributed by atoms with Gasteiger partial charge in [-0.2, -0.15) is 5.10 Å². The van der Waals surface area contributed by atoms with Gasteiger partial charge in [0.25, 0.3) is 0 Å². The third-order valence-electron chi connectivity index (χ3n) is 4.15. The number of carbonyl (C=O) groups is 1. The van der Waals surface area contributed by atoms with Crippen LogP contribution in [0.15, 0.2) is 18.2 Å². The minimum absolute atomic E-state index is 0.260. The highest BCUT2D eigenvalue weighted by Gasteiger charge is 2.17. The van der Waals surface area contributed by atoms with Gasteiger partial charge in [0, 0.05) is 19.7 Å². The standard InChI is InChI=1S/C17H21FN6O/c1-5-12-10(2)22-24(4)16(12)21-17(25)23(3)9-15-19-13-7-6-11(18)8-14(13)20-15/h6-8H,5,9H2,1-4H3,(H,19,20)(H,21,25). The molecule has 2 N–H and O–H groups in total. The molecule has 0 aliphatic carbocycles. The Balaban J connectivity index is 1.74. The molecule has 0 spiro atoms. The number of aromatic nitrogens is 4. The molecule has 0 aliphatic rings. The van der Waals surface area contributed by atoms with Crippen molar-refractivity contribution in [3.63, 3.8) is 0 Å². The highest BCUT2D eigenvalue weighted by atomic mass is 19.1. The summed E-state index contributed by atoms with van der Waals surface area (Å²) < 4.78 is 14.9. The van der Waals surface area contributed by atoms with Crippen LogP contribution in [0.1, 0.15) is 24.0 Å². The second-order valence-electron chi connectivity index (χ2n) is 6.02. The largest absolute Gasteiger partial charge is 0.340 e. The molecule has 0 saturated heterocycles. The predicted octanol–water partition coefficient (Wildman–Crippen LogP) is 2.97. The fourth-order valence-corrected chi connectivity index (χ4v) is 2.88. The Morgan fingerprint density at radius 3 is 2.92 bits per heavy atom. The molecule has 0 fully saturated rings. The van der Waals surface area contributed by atoms with Crippen molar-refractivity contribution in [2.75, 3.05) is 12.4 Å². The van der Waals surface area contributed by atoms with Gasteiger partial charge >= 0.3 is 6.03 Å². The topological polar surface area (TPSA) is 78.8 Å². The van der Waals surface area contributed by atoms with Crippen LogP contribution >= 0.6 is 0 Å². The van der Waals surface area contributed by atoms with E-state index >= 15 is 0 Å². The second-order valence-corrected chi connectivity index (χ2v) is 6.02. The van der Waals surface area contributed by atoms with Gasteiger partial charge in [-0.3, -0.25) is 10.00 Å². The number of aryl methyl sites for hydroxylation is 2. The molecule has 7 nitrogen and oxygen atoms in total. The second kappa shape index (κ2) is 6.54. The lowest BCUT2D eigenvalue weighted by molar-refractivity contribution is 0.219. The van der Waals surface area contributed by atoms with Crippen molar-refractivity contribution in [1.29, 1.82) is 0 Å². The number of halogens is 1. The molecule has 132 valence electrons. The number of imidazole rings is 1. The first-order valence-electron chi connectivity index (χ1n) is 8.07. The summed E-state index contributed by atoms with van der Waals surface area (Å²) in [5.74, 6) is 0.964. The van der Waals surface area contributed by atoms with E-state index in [4.69, 9.17) is 0 Å². The molecule has 2 amide bonds. The highest BCUT2D eigenvalue weighted by Crippen LogP contribution is 2.20. The number of rotatable bonds is 4. The average Bonchev–Trinajstić information content (AvgIpc) is 3.06. The van der Waals surface area contributed by atoms with E-state index in [1.165, 1.54) is 17.0 Å². The van der Waals surface area contributed by atoms with Gasteiger partial charge in [0.05, 0.1) is 23.3 Å². The van der Waals surface area contributed by atoms with Crippen molar-refractivity contribution in [2.45, 2.75) is 26.8 Å². The van der Waals surface area contributed by atoms with Crippen molar-refractivity contribution in [3.05, 3.63) is 41.1 Å². The zero-order valence-electron chi connectivity index (χ0n) is 14.7. The summed E-state index contributed by atoms with van der Waals surface area (Å²) in [7, 11) is 3.48. The normalized spacial score (nSPS) is 11.1. The zero-order chi connectivity index (χ0) is 18.1. The molecule has 0 saturated carbocycles. The third kappa shape index (κ3) is 3.33. The lowest BCUT2D eigenvalue weighted by atomic mass is 10.2. The minimum atomic E-state index is -0.326. The van der Waals surface area contributed by atoms with Crippen LogP contribution in [-0.4, -0.2) is 37.7 Å². The molecule has 0 unspecified atom stereocenters. The Labute approximate surface area is 144 Å². The van der Waals surface area contributed by atoms with Gasteiger partial charge in [-0.05, 0) is 31.5 Å². The van der Waals surface area contributed by atoms with E-state index in [0.29, 0.717) is 22.7 Å². The number of anilines is 1. The number of hydrogen-bond donors (Lipinski definition) is 2. The monoisotopic (exact) mass is 344 g/mol. The summed E-state index contributed by atoms with van der Waals surface area (Å²) in [6.07, 6.45) is 0.786. The molecule has 3 rings (SSSR count). The molecule has 0 aliphatic heterocycles. The number of H-pyrrole nitrogens is 1. The Kier molecular flexibility index (Phi) is 4.43. The first-order chi connectivity index (χ1) is 11.9. The van der Waals surface area contributed by atoms with Crippen LogP contribution in [0.5, 0.6) is 0 Å². The Morgan fingerprint density at radius 1 is 1.44 bits per heavy atom. The summed E-state index contributed by atoms with van der Waals surface area (Å²) in [5.41, 5.74) is 3.20. The third-order valence-corrected chi connectivity index (χ3v) is 4.15. The van der Waals surface area contributed by atoms with E-state index in [-0.39, 0.29) is 18.4 Å². The lowest BCUT2D eigenvalue weighted by Gasteiger charge is -2.17. The molecule has 0 radical (unpaired) electrons. The maximum absolute atomic E-state index is 13.3. The van der Waals surface area contributed by atoms with Crippen LogP contribution in [0.4, 0.5) is 15.0 Å². The SMILES string of the molecule is CCc1c(C)nn(C)c1NC(=O)N(C)Cc1nc2ccc(F)cc2[nH]1. The van der Waals surface area contributed by atoms with E-state index in [1.54, 1.807) is 24.8 Å². The van der Waals surface area contributed by atoms with Crippen LogP contribution in [0.25, 0.3) is 11.0 Å². The summed E-state index contributed by atoms with van der Waals surface area (Å²) in [6.45, 7) is 4.23. The Hall–Kier alpha value is -2.90. The average molecular weight is 344 g/mol. The van der Waals surface area contributed by atoms with Crippen molar-refractivity contribution < 1.29 is 9.18 Å². The number of hydrogen-bond acceptors (Lipinski definition) is 3. The number of fused-ring (bicyclic) bond motifs is 1. The van der Waals surface area contributed by atoms with Gasteiger partial charge in [0.2, 0.25) is 0 Å². The molecule has 0 atom stereocenters. The lowest BCUT2D eigenvalue weighted by Crippen LogP contribution is -2.32. The number of nitrogens with one attached hydrogen (secondary N) is 2.